The minimum Gasteiger partial charge on any atom is -0.478 e. The highest BCUT2D eigenvalue weighted by molar-refractivity contribution is 6.04. The standard InChI is InChI=1S/C18H19NO3/c1-2-3-4-13-5-7-14(8-6-13)17(20)19-16-11-9-15(10-12-16)18(21)22/h5-12H,2-4H2,1H3,(H,19,20)(H,21,22). The molecule has 0 saturated heterocycles. The molecule has 0 heterocycles. The third-order valence-electron chi connectivity index (χ3n) is 3.42. The third-order valence-corrected chi connectivity index (χ3v) is 3.42. The molecule has 2 aromatic carbocycles. The zero-order valence-electron chi connectivity index (χ0n) is 12.5. The maximum atomic E-state index is 12.1. The quantitative estimate of drug-likeness (QED) is 0.847. The third kappa shape index (κ3) is 4.19. The summed E-state index contributed by atoms with van der Waals surface area (Å²) in [5.74, 6) is -1.19. The molecule has 0 spiro atoms. The molecular weight excluding hydrogens is 278 g/mol. The molecule has 114 valence electrons. The van der Waals surface area contributed by atoms with Crippen LogP contribution in [0.2, 0.25) is 0 Å². The van der Waals surface area contributed by atoms with E-state index in [4.69, 9.17) is 5.11 Å². The van der Waals surface area contributed by atoms with E-state index >= 15 is 0 Å². The molecule has 0 atom stereocenters. The fourth-order valence-electron chi connectivity index (χ4n) is 2.10. The molecule has 0 aliphatic rings. The number of carboxylic acid groups (broad SMARTS) is 1. The Morgan fingerprint density at radius 3 is 2.09 bits per heavy atom. The van der Waals surface area contributed by atoms with E-state index in [0.29, 0.717) is 11.3 Å². The normalized spacial score (nSPS) is 10.2. The van der Waals surface area contributed by atoms with E-state index in [2.05, 4.69) is 12.2 Å². The molecule has 0 unspecified atom stereocenters. The van der Waals surface area contributed by atoms with Gasteiger partial charge in [-0.05, 0) is 54.8 Å². The summed E-state index contributed by atoms with van der Waals surface area (Å²) in [7, 11) is 0. The van der Waals surface area contributed by atoms with Gasteiger partial charge in [0.05, 0.1) is 5.56 Å². The van der Waals surface area contributed by atoms with Gasteiger partial charge in [-0.3, -0.25) is 4.79 Å². The van der Waals surface area contributed by atoms with Gasteiger partial charge in [-0.15, -0.1) is 0 Å². The molecule has 22 heavy (non-hydrogen) atoms. The second-order valence-corrected chi connectivity index (χ2v) is 5.14. The first-order valence-electron chi connectivity index (χ1n) is 7.34. The minimum atomic E-state index is -0.986. The van der Waals surface area contributed by atoms with E-state index in [0.717, 1.165) is 19.3 Å². The topological polar surface area (TPSA) is 66.4 Å². The first-order chi connectivity index (χ1) is 10.6. The number of amides is 1. The lowest BCUT2D eigenvalue weighted by atomic mass is 10.1. The van der Waals surface area contributed by atoms with Crippen LogP contribution < -0.4 is 5.32 Å². The number of aromatic carboxylic acids is 1. The summed E-state index contributed by atoms with van der Waals surface area (Å²) in [6, 6.07) is 13.7. The molecule has 2 rings (SSSR count). The van der Waals surface area contributed by atoms with Crippen LogP contribution >= 0.6 is 0 Å². The van der Waals surface area contributed by atoms with Gasteiger partial charge in [0.25, 0.3) is 5.91 Å². The highest BCUT2D eigenvalue weighted by Crippen LogP contribution is 2.13. The number of unbranched alkanes of at least 4 members (excludes halogenated alkanes) is 1. The fraction of sp³-hybridized carbons (Fsp3) is 0.222. The second-order valence-electron chi connectivity index (χ2n) is 5.14. The van der Waals surface area contributed by atoms with Crippen LogP contribution in [-0.4, -0.2) is 17.0 Å². The number of carboxylic acids is 1. The zero-order chi connectivity index (χ0) is 15.9. The first-order valence-corrected chi connectivity index (χ1v) is 7.34. The first kappa shape index (κ1) is 15.8. The van der Waals surface area contributed by atoms with Gasteiger partial charge in [-0.1, -0.05) is 25.5 Å². The van der Waals surface area contributed by atoms with Crippen molar-refractivity contribution in [2.24, 2.45) is 0 Å². The van der Waals surface area contributed by atoms with Gasteiger partial charge < -0.3 is 10.4 Å². The van der Waals surface area contributed by atoms with Gasteiger partial charge >= 0.3 is 5.97 Å². The van der Waals surface area contributed by atoms with Crippen LogP contribution in [0.3, 0.4) is 0 Å². The Morgan fingerprint density at radius 1 is 0.955 bits per heavy atom. The van der Waals surface area contributed by atoms with Gasteiger partial charge in [0.2, 0.25) is 0 Å². The Bertz CT molecular complexity index is 645. The van der Waals surface area contributed by atoms with Gasteiger partial charge in [0, 0.05) is 11.3 Å². The number of hydrogen-bond donors (Lipinski definition) is 2. The van der Waals surface area contributed by atoms with E-state index in [1.807, 2.05) is 24.3 Å². The largest absolute Gasteiger partial charge is 0.478 e. The molecular formula is C18H19NO3. The molecule has 0 bridgehead atoms. The van der Waals surface area contributed by atoms with Crippen LogP contribution in [-0.2, 0) is 6.42 Å². The van der Waals surface area contributed by atoms with E-state index in [-0.39, 0.29) is 11.5 Å². The van der Waals surface area contributed by atoms with Gasteiger partial charge in [-0.2, -0.15) is 0 Å². The molecule has 1 amide bonds. The zero-order valence-corrected chi connectivity index (χ0v) is 12.5. The Morgan fingerprint density at radius 2 is 1.55 bits per heavy atom. The van der Waals surface area contributed by atoms with Crippen LogP contribution in [0, 0.1) is 0 Å². The van der Waals surface area contributed by atoms with Crippen LogP contribution in [0.15, 0.2) is 48.5 Å². The Hall–Kier alpha value is -2.62. The lowest BCUT2D eigenvalue weighted by Gasteiger charge is -2.06. The number of nitrogens with one attached hydrogen (secondary N) is 1. The molecule has 4 nitrogen and oxygen atoms in total. The van der Waals surface area contributed by atoms with Crippen molar-refractivity contribution in [3.8, 4) is 0 Å². The molecule has 0 aromatic heterocycles. The minimum absolute atomic E-state index is 0.193. The van der Waals surface area contributed by atoms with Crippen LogP contribution in [0.5, 0.6) is 0 Å². The number of benzene rings is 2. The van der Waals surface area contributed by atoms with Crippen molar-refractivity contribution in [2.75, 3.05) is 5.32 Å². The number of anilines is 1. The molecule has 0 aliphatic carbocycles. The maximum absolute atomic E-state index is 12.1. The Labute approximate surface area is 129 Å². The Kier molecular flexibility index (Phi) is 5.31. The van der Waals surface area contributed by atoms with Gasteiger partial charge in [0.15, 0.2) is 0 Å². The van der Waals surface area contributed by atoms with Crippen LogP contribution in [0.1, 0.15) is 46.0 Å². The lowest BCUT2D eigenvalue weighted by Crippen LogP contribution is -2.12. The smallest absolute Gasteiger partial charge is 0.335 e. The van der Waals surface area contributed by atoms with Crippen molar-refractivity contribution in [2.45, 2.75) is 26.2 Å². The highest BCUT2D eigenvalue weighted by Gasteiger charge is 2.07. The average Bonchev–Trinajstić information content (AvgIpc) is 2.54. The van der Waals surface area contributed by atoms with Crippen molar-refractivity contribution < 1.29 is 14.7 Å². The number of rotatable bonds is 6. The monoisotopic (exact) mass is 297 g/mol. The molecule has 2 aromatic rings. The summed E-state index contributed by atoms with van der Waals surface area (Å²) in [6.45, 7) is 2.15. The predicted molar refractivity (Wildman–Crippen MR) is 86.4 cm³/mol. The molecule has 2 N–H and O–H groups in total. The molecule has 0 fully saturated rings. The van der Waals surface area contributed by atoms with Crippen LogP contribution in [0.25, 0.3) is 0 Å². The van der Waals surface area contributed by atoms with E-state index < -0.39 is 5.97 Å². The average molecular weight is 297 g/mol. The summed E-state index contributed by atoms with van der Waals surface area (Å²) in [5, 5.41) is 11.6. The van der Waals surface area contributed by atoms with Crippen molar-refractivity contribution >= 4 is 17.6 Å². The van der Waals surface area contributed by atoms with E-state index in [1.54, 1.807) is 12.1 Å². The maximum Gasteiger partial charge on any atom is 0.335 e. The van der Waals surface area contributed by atoms with Crippen molar-refractivity contribution in [3.63, 3.8) is 0 Å². The summed E-state index contributed by atoms with van der Waals surface area (Å²) < 4.78 is 0. The molecule has 0 radical (unpaired) electrons. The Balaban J connectivity index is 2.00. The molecule has 4 heteroatoms. The lowest BCUT2D eigenvalue weighted by molar-refractivity contribution is 0.0696. The number of carbonyl (C=O) groups is 2. The molecule has 0 aliphatic heterocycles. The van der Waals surface area contributed by atoms with Crippen molar-refractivity contribution in [1.82, 2.24) is 0 Å². The highest BCUT2D eigenvalue weighted by atomic mass is 16.4. The van der Waals surface area contributed by atoms with E-state index in [9.17, 15) is 9.59 Å². The number of carbonyl (C=O) groups excluding carboxylic acids is 1. The summed E-state index contributed by atoms with van der Waals surface area (Å²) in [6.07, 6.45) is 3.31. The number of aryl methyl sites for hydroxylation is 1. The van der Waals surface area contributed by atoms with E-state index in [1.165, 1.54) is 17.7 Å². The van der Waals surface area contributed by atoms with Crippen LogP contribution in [0.4, 0.5) is 5.69 Å². The summed E-state index contributed by atoms with van der Waals surface area (Å²) in [4.78, 5) is 22.9. The second kappa shape index (κ2) is 7.41. The summed E-state index contributed by atoms with van der Waals surface area (Å²) in [5.41, 5.74) is 2.58. The van der Waals surface area contributed by atoms with Gasteiger partial charge in [-0.25, -0.2) is 4.79 Å². The SMILES string of the molecule is CCCCc1ccc(C(=O)Nc2ccc(C(=O)O)cc2)cc1. The summed E-state index contributed by atoms with van der Waals surface area (Å²) >= 11 is 0. The van der Waals surface area contributed by atoms with Crippen molar-refractivity contribution in [3.05, 3.63) is 65.2 Å². The number of hydrogen-bond acceptors (Lipinski definition) is 2. The fourth-order valence-corrected chi connectivity index (χ4v) is 2.10. The predicted octanol–water partition coefficient (Wildman–Crippen LogP) is 3.98. The molecule has 0 saturated carbocycles. The van der Waals surface area contributed by atoms with Crippen molar-refractivity contribution in [1.29, 1.82) is 0 Å². The van der Waals surface area contributed by atoms with Gasteiger partial charge in [0.1, 0.15) is 0 Å².